The molecule has 5 nitrogen and oxygen atoms in total. The predicted molar refractivity (Wildman–Crippen MR) is 108 cm³/mol. The van der Waals surface area contributed by atoms with Crippen LogP contribution in [0, 0.1) is 0 Å². The van der Waals surface area contributed by atoms with E-state index >= 15 is 0 Å². The summed E-state index contributed by atoms with van der Waals surface area (Å²) < 4.78 is 0. The van der Waals surface area contributed by atoms with Gasteiger partial charge in [-0.1, -0.05) is 0 Å². The number of hydrogen-bond acceptors (Lipinski definition) is 4. The van der Waals surface area contributed by atoms with Crippen molar-refractivity contribution in [1.29, 1.82) is 0 Å². The lowest BCUT2D eigenvalue weighted by Gasteiger charge is -2.21. The Hall–Kier alpha value is -2.82. The first kappa shape index (κ1) is 19.5. The molecular formula is C21H27N3O2. The fourth-order valence-corrected chi connectivity index (χ4v) is 2.71. The van der Waals surface area contributed by atoms with Gasteiger partial charge in [0.2, 0.25) is 5.91 Å². The van der Waals surface area contributed by atoms with Crippen LogP contribution in [0.2, 0.25) is 0 Å². The molecule has 0 radical (unpaired) electrons. The van der Waals surface area contributed by atoms with Gasteiger partial charge in [-0.25, -0.2) is 0 Å². The van der Waals surface area contributed by atoms with Crippen molar-refractivity contribution >= 4 is 28.8 Å². The number of anilines is 3. The topological polar surface area (TPSA) is 61.4 Å². The summed E-state index contributed by atoms with van der Waals surface area (Å²) in [5.74, 6) is -0.0491. The number of nitrogens with one attached hydrogen (secondary N) is 2. The Balaban J connectivity index is 1.78. The quantitative estimate of drug-likeness (QED) is 0.664. The van der Waals surface area contributed by atoms with Crippen LogP contribution in [0.25, 0.3) is 0 Å². The lowest BCUT2D eigenvalue weighted by Crippen LogP contribution is -2.21. The van der Waals surface area contributed by atoms with E-state index in [9.17, 15) is 9.59 Å². The minimum Gasteiger partial charge on any atom is -0.385 e. The maximum Gasteiger partial charge on any atom is 0.226 e. The van der Waals surface area contributed by atoms with Gasteiger partial charge < -0.3 is 15.5 Å². The second kappa shape index (κ2) is 9.61. The molecule has 0 saturated carbocycles. The highest BCUT2D eigenvalue weighted by Gasteiger charge is 2.05. The summed E-state index contributed by atoms with van der Waals surface area (Å²) in [6.07, 6.45) is 0.367. The van der Waals surface area contributed by atoms with Gasteiger partial charge in [-0.2, -0.15) is 0 Å². The number of rotatable bonds is 9. The minimum absolute atomic E-state index is 0.0130. The maximum atomic E-state index is 12.0. The van der Waals surface area contributed by atoms with Crippen LogP contribution in [0.5, 0.6) is 0 Å². The normalized spacial score (nSPS) is 10.3. The largest absolute Gasteiger partial charge is 0.385 e. The number of nitrogens with zero attached hydrogens (tertiary/aromatic N) is 1. The van der Waals surface area contributed by atoms with Crippen LogP contribution in [0.3, 0.4) is 0 Å². The first-order valence-electron chi connectivity index (χ1n) is 9.03. The molecule has 0 unspecified atom stereocenters. The van der Waals surface area contributed by atoms with Gasteiger partial charge in [0.05, 0.1) is 0 Å². The molecule has 0 bridgehead atoms. The van der Waals surface area contributed by atoms with Gasteiger partial charge in [-0.05, 0) is 69.3 Å². The number of benzene rings is 2. The van der Waals surface area contributed by atoms with E-state index < -0.39 is 0 Å². The van der Waals surface area contributed by atoms with E-state index in [1.165, 1.54) is 12.6 Å². The molecule has 2 aromatic carbocycles. The molecule has 2 rings (SSSR count). The number of carbonyl (C=O) groups is 2. The molecule has 2 aromatic rings. The zero-order chi connectivity index (χ0) is 18.9. The summed E-state index contributed by atoms with van der Waals surface area (Å²) in [4.78, 5) is 25.6. The van der Waals surface area contributed by atoms with Gasteiger partial charge in [0.1, 0.15) is 0 Å². The van der Waals surface area contributed by atoms with Crippen LogP contribution in [-0.4, -0.2) is 31.3 Å². The monoisotopic (exact) mass is 353 g/mol. The van der Waals surface area contributed by atoms with Crippen LogP contribution < -0.4 is 15.5 Å². The molecule has 0 heterocycles. The van der Waals surface area contributed by atoms with Gasteiger partial charge in [0.15, 0.2) is 5.78 Å². The summed E-state index contributed by atoms with van der Waals surface area (Å²) in [6, 6.07) is 15.2. The molecule has 0 aliphatic carbocycles. The van der Waals surface area contributed by atoms with Crippen molar-refractivity contribution < 1.29 is 9.59 Å². The average molecular weight is 353 g/mol. The highest BCUT2D eigenvalue weighted by Crippen LogP contribution is 2.17. The second-order valence-corrected chi connectivity index (χ2v) is 6.08. The SMILES string of the molecule is CCN(CC)c1ccc(NCCC(=O)Nc2ccc(C(C)=O)cc2)cc1. The van der Waals surface area contributed by atoms with E-state index in [0.717, 1.165) is 18.8 Å². The Morgan fingerprint density at radius 2 is 1.46 bits per heavy atom. The highest BCUT2D eigenvalue weighted by atomic mass is 16.1. The average Bonchev–Trinajstić information content (AvgIpc) is 2.64. The Morgan fingerprint density at radius 1 is 0.885 bits per heavy atom. The first-order valence-corrected chi connectivity index (χ1v) is 9.03. The molecule has 0 aromatic heterocycles. The van der Waals surface area contributed by atoms with Crippen molar-refractivity contribution in [3.63, 3.8) is 0 Å². The van der Waals surface area contributed by atoms with Crippen molar-refractivity contribution in [3.8, 4) is 0 Å². The number of Topliss-reactive ketones (excluding diaryl/α,β-unsaturated/α-hetero) is 1. The van der Waals surface area contributed by atoms with Crippen LogP contribution in [0.4, 0.5) is 17.1 Å². The third-order valence-corrected chi connectivity index (χ3v) is 4.25. The number of ketones is 1. The van der Waals surface area contributed by atoms with Crippen LogP contribution in [0.1, 0.15) is 37.6 Å². The maximum absolute atomic E-state index is 12.0. The van der Waals surface area contributed by atoms with Crippen LogP contribution >= 0.6 is 0 Å². The van der Waals surface area contributed by atoms with Gasteiger partial charge in [0.25, 0.3) is 0 Å². The number of hydrogen-bond donors (Lipinski definition) is 2. The molecule has 1 amide bonds. The number of amides is 1. The molecule has 0 fully saturated rings. The lowest BCUT2D eigenvalue weighted by molar-refractivity contribution is -0.115. The Bertz CT molecular complexity index is 720. The van der Waals surface area contributed by atoms with Crippen molar-refractivity contribution in [2.45, 2.75) is 27.2 Å². The van der Waals surface area contributed by atoms with Gasteiger partial charge in [0, 0.05) is 48.7 Å². The third-order valence-electron chi connectivity index (χ3n) is 4.25. The Morgan fingerprint density at radius 3 is 2.00 bits per heavy atom. The summed E-state index contributed by atoms with van der Waals surface area (Å²) >= 11 is 0. The van der Waals surface area contributed by atoms with E-state index in [0.29, 0.717) is 24.2 Å². The molecule has 2 N–H and O–H groups in total. The third kappa shape index (κ3) is 5.62. The molecule has 5 heteroatoms. The standard InChI is InChI=1S/C21H27N3O2/c1-4-24(5-2)20-12-10-18(11-13-20)22-15-14-21(26)23-19-8-6-17(7-9-19)16(3)25/h6-13,22H,4-5,14-15H2,1-3H3,(H,23,26). The zero-order valence-electron chi connectivity index (χ0n) is 15.7. The van der Waals surface area contributed by atoms with Gasteiger partial charge in [-0.3, -0.25) is 9.59 Å². The van der Waals surface area contributed by atoms with E-state index in [4.69, 9.17) is 0 Å². The Labute approximate surface area is 155 Å². The minimum atomic E-state index is -0.0622. The summed E-state index contributed by atoms with van der Waals surface area (Å²) in [6.45, 7) is 8.33. The summed E-state index contributed by atoms with van der Waals surface area (Å²) in [5, 5.41) is 6.10. The fourth-order valence-electron chi connectivity index (χ4n) is 2.71. The van der Waals surface area contributed by atoms with Gasteiger partial charge in [-0.15, -0.1) is 0 Å². The van der Waals surface area contributed by atoms with Crippen molar-refractivity contribution in [3.05, 3.63) is 54.1 Å². The predicted octanol–water partition coefficient (Wildman–Crippen LogP) is 4.18. The summed E-state index contributed by atoms with van der Waals surface area (Å²) in [5.41, 5.74) is 3.54. The molecule has 0 aliphatic heterocycles. The lowest BCUT2D eigenvalue weighted by atomic mass is 10.1. The van der Waals surface area contributed by atoms with Crippen molar-refractivity contribution in [2.75, 3.05) is 35.2 Å². The van der Waals surface area contributed by atoms with Gasteiger partial charge >= 0.3 is 0 Å². The highest BCUT2D eigenvalue weighted by molar-refractivity contribution is 5.95. The molecular weight excluding hydrogens is 326 g/mol. The molecule has 0 aliphatic rings. The molecule has 0 spiro atoms. The molecule has 0 saturated heterocycles. The molecule has 26 heavy (non-hydrogen) atoms. The molecule has 0 atom stereocenters. The molecule has 138 valence electrons. The van der Waals surface area contributed by atoms with E-state index in [1.807, 2.05) is 12.1 Å². The van der Waals surface area contributed by atoms with E-state index in [2.05, 4.69) is 41.5 Å². The van der Waals surface area contributed by atoms with Crippen molar-refractivity contribution in [1.82, 2.24) is 0 Å². The fraction of sp³-hybridized carbons (Fsp3) is 0.333. The smallest absolute Gasteiger partial charge is 0.226 e. The van der Waals surface area contributed by atoms with Crippen LogP contribution in [0.15, 0.2) is 48.5 Å². The first-order chi connectivity index (χ1) is 12.5. The second-order valence-electron chi connectivity index (χ2n) is 6.08. The van der Waals surface area contributed by atoms with Crippen molar-refractivity contribution in [2.24, 2.45) is 0 Å². The van der Waals surface area contributed by atoms with E-state index in [1.54, 1.807) is 24.3 Å². The zero-order valence-corrected chi connectivity index (χ0v) is 15.7. The Kier molecular flexibility index (Phi) is 7.21. The summed E-state index contributed by atoms with van der Waals surface area (Å²) in [7, 11) is 0. The number of carbonyl (C=O) groups excluding carboxylic acids is 2. The van der Waals surface area contributed by atoms with E-state index in [-0.39, 0.29) is 11.7 Å². The van der Waals surface area contributed by atoms with Crippen LogP contribution in [-0.2, 0) is 4.79 Å².